The SMILES string of the molecule is C1CCC([PH+](C2CCCCC2)C2CCCCC2)CC1.C1CCC([PH+](C2CCCCC2)C2CCCCC2)CC1.[Cl][Ru]([Cl])=[C]1CC(c2ccccc2)c2ccccc21. The molecule has 0 amide bonds. The van der Waals surface area contributed by atoms with E-state index in [4.69, 9.17) is 19.4 Å². The van der Waals surface area contributed by atoms with Crippen LogP contribution in [0.2, 0.25) is 0 Å². The monoisotopic (exact) mass is 926 g/mol. The maximum absolute atomic E-state index is 6.24. The van der Waals surface area contributed by atoms with Crippen molar-refractivity contribution >= 4 is 39.3 Å². The van der Waals surface area contributed by atoms with E-state index in [9.17, 15) is 0 Å². The summed E-state index contributed by atoms with van der Waals surface area (Å²) in [6.07, 6.45) is 48.6. The molecule has 56 heavy (non-hydrogen) atoms. The quantitative estimate of drug-likeness (QED) is 0.192. The molecule has 0 bridgehead atoms. The van der Waals surface area contributed by atoms with Gasteiger partial charge in [0.05, 0.1) is 34.0 Å². The van der Waals surface area contributed by atoms with Crippen molar-refractivity contribution in [3.8, 4) is 0 Å². The van der Waals surface area contributed by atoms with Crippen LogP contribution in [0.5, 0.6) is 0 Å². The van der Waals surface area contributed by atoms with Gasteiger partial charge in [-0.1, -0.05) is 38.5 Å². The summed E-state index contributed by atoms with van der Waals surface area (Å²) in [5.74, 6) is 0.422. The van der Waals surface area contributed by atoms with Crippen molar-refractivity contribution in [3.63, 3.8) is 0 Å². The van der Waals surface area contributed by atoms with Gasteiger partial charge in [0, 0.05) is 15.8 Å². The van der Waals surface area contributed by atoms with Crippen molar-refractivity contribution in [2.75, 3.05) is 0 Å². The van der Waals surface area contributed by atoms with Crippen molar-refractivity contribution in [1.29, 1.82) is 0 Å². The van der Waals surface area contributed by atoms with Crippen LogP contribution < -0.4 is 0 Å². The number of hydrogen-bond acceptors (Lipinski definition) is 0. The molecule has 5 heteroatoms. The molecule has 0 saturated heterocycles. The molecule has 7 aliphatic carbocycles. The van der Waals surface area contributed by atoms with E-state index in [1.165, 1.54) is 54.8 Å². The molecule has 0 heterocycles. The molecule has 314 valence electrons. The van der Waals surface area contributed by atoms with Crippen LogP contribution in [-0.4, -0.2) is 38.1 Å². The molecule has 7 aliphatic rings. The Bertz CT molecular complexity index is 1280. The molecule has 9 rings (SSSR count). The minimum absolute atomic E-state index is 0.0465. The van der Waals surface area contributed by atoms with Crippen LogP contribution in [0, 0.1) is 0 Å². The van der Waals surface area contributed by atoms with Gasteiger partial charge in [0.25, 0.3) is 0 Å². The summed E-state index contributed by atoms with van der Waals surface area (Å²) in [6, 6.07) is 19.1. The van der Waals surface area contributed by atoms with Crippen LogP contribution in [0.25, 0.3) is 0 Å². The van der Waals surface area contributed by atoms with E-state index in [-0.39, 0.29) is 15.8 Å². The molecule has 1 unspecified atom stereocenters. The molecule has 0 aliphatic heterocycles. The number of rotatable bonds is 7. The van der Waals surface area contributed by atoms with Gasteiger partial charge in [-0.2, -0.15) is 0 Å². The third-order valence-electron chi connectivity index (χ3n) is 15.8. The van der Waals surface area contributed by atoms with Crippen LogP contribution in [0.1, 0.15) is 222 Å². The second-order valence-electron chi connectivity index (χ2n) is 19.3. The Morgan fingerprint density at radius 1 is 0.375 bits per heavy atom. The van der Waals surface area contributed by atoms with E-state index >= 15 is 0 Å². The molecule has 6 saturated carbocycles. The second-order valence-corrected chi connectivity index (χ2v) is 32.2. The molecular weight excluding hydrogens is 846 g/mol. The van der Waals surface area contributed by atoms with Crippen LogP contribution in [0.4, 0.5) is 0 Å². The van der Waals surface area contributed by atoms with E-state index in [1.54, 1.807) is 193 Å². The van der Waals surface area contributed by atoms with Gasteiger partial charge in [0.15, 0.2) is 0 Å². The molecule has 0 aromatic heterocycles. The normalized spacial score (nSPS) is 25.6. The maximum atomic E-state index is 6.24. The fourth-order valence-corrected chi connectivity index (χ4v) is 26.5. The summed E-state index contributed by atoms with van der Waals surface area (Å²) in [5.41, 5.74) is 11.4. The van der Waals surface area contributed by atoms with Gasteiger partial charge in [-0.15, -0.1) is 0 Å². The fraction of sp³-hybridized carbons (Fsp3) is 0.745. The second kappa shape index (κ2) is 24.1. The number of halogens is 2. The first-order chi connectivity index (χ1) is 27.7. The Balaban J connectivity index is 0.000000129. The van der Waals surface area contributed by atoms with Gasteiger partial charge in [-0.3, -0.25) is 0 Å². The van der Waals surface area contributed by atoms with Crippen LogP contribution in [0.15, 0.2) is 54.6 Å². The average molecular weight is 927 g/mol. The van der Waals surface area contributed by atoms with Gasteiger partial charge in [-0.05, 0) is 154 Å². The zero-order valence-electron chi connectivity index (χ0n) is 35.3. The number of hydrogen-bond donors (Lipinski definition) is 0. The molecule has 6 fully saturated rings. The number of benzene rings is 2. The molecule has 0 nitrogen and oxygen atoms in total. The molecule has 0 spiro atoms. The fourth-order valence-electron chi connectivity index (χ4n) is 13.2. The van der Waals surface area contributed by atoms with Gasteiger partial charge < -0.3 is 0 Å². The molecule has 2 aromatic rings. The van der Waals surface area contributed by atoms with Crippen molar-refractivity contribution in [2.45, 2.75) is 239 Å². The molecule has 2 aromatic carbocycles. The van der Waals surface area contributed by atoms with E-state index in [0.29, 0.717) is 5.92 Å². The Kier molecular flexibility index (Phi) is 19.1. The minimum atomic E-state index is -1.80. The Labute approximate surface area is 360 Å². The standard InChI is InChI=1S/2C18H33P.C15H12.2ClH.Ru/c2*1-4-10-16(11-5-1)19(17-12-6-2-7-13-17)18-14-8-3-9-15-18;1-2-6-12(7-3-1)15-11-10-13-8-4-5-9-14(13)15;;;/h2*16-18H,1-15H2;1-9,15H,11H2;2*1H;/q;;;;;+2. The Morgan fingerprint density at radius 2 is 0.679 bits per heavy atom. The summed E-state index contributed by atoms with van der Waals surface area (Å²) >= 11 is -1.80. The van der Waals surface area contributed by atoms with E-state index < -0.39 is 13.5 Å². The first-order valence-corrected chi connectivity index (χ1v) is 33.2. The molecular formula is C51H80Cl2P2Ru+2. The average Bonchev–Trinajstić information content (AvgIpc) is 3.67. The predicted molar refractivity (Wildman–Crippen MR) is 253 cm³/mol. The van der Waals surface area contributed by atoms with Crippen molar-refractivity contribution < 1.29 is 13.5 Å². The van der Waals surface area contributed by atoms with E-state index in [2.05, 4.69) is 54.6 Å². The molecule has 1 atom stereocenters. The van der Waals surface area contributed by atoms with Crippen molar-refractivity contribution in [2.24, 2.45) is 0 Å². The summed E-state index contributed by atoms with van der Waals surface area (Å²) < 4.78 is 1.28. The zero-order chi connectivity index (χ0) is 38.4. The third kappa shape index (κ3) is 12.5. The van der Waals surface area contributed by atoms with Crippen LogP contribution in [-0.2, 0) is 13.5 Å². The van der Waals surface area contributed by atoms with E-state index in [0.717, 1.165) is 6.42 Å². The summed E-state index contributed by atoms with van der Waals surface area (Å²) in [5, 5.41) is 0. The van der Waals surface area contributed by atoms with E-state index in [1.807, 2.05) is 0 Å². The summed E-state index contributed by atoms with van der Waals surface area (Å²) in [6.45, 7) is 0. The Morgan fingerprint density at radius 3 is 1.00 bits per heavy atom. The topological polar surface area (TPSA) is 0 Å². The molecule has 0 radical (unpaired) electrons. The van der Waals surface area contributed by atoms with Gasteiger partial charge in [0.1, 0.15) is 0 Å². The van der Waals surface area contributed by atoms with Crippen molar-refractivity contribution in [3.05, 3.63) is 71.3 Å². The third-order valence-corrected chi connectivity index (χ3v) is 28.5. The summed E-state index contributed by atoms with van der Waals surface area (Å²) in [7, 11) is 12.4. The number of fused-ring (bicyclic) bond motifs is 1. The van der Waals surface area contributed by atoms with Crippen molar-refractivity contribution in [1.82, 2.24) is 0 Å². The first kappa shape index (κ1) is 44.4. The van der Waals surface area contributed by atoms with Gasteiger partial charge in [-0.25, -0.2) is 0 Å². The van der Waals surface area contributed by atoms with Crippen LogP contribution in [0.3, 0.4) is 0 Å². The first-order valence-electron chi connectivity index (χ1n) is 24.4. The predicted octanol–water partition coefficient (Wildman–Crippen LogP) is 17.1. The molecule has 0 N–H and O–H groups in total. The Hall–Kier alpha value is 0.373. The van der Waals surface area contributed by atoms with Crippen LogP contribution >= 0.6 is 35.2 Å². The van der Waals surface area contributed by atoms with Gasteiger partial charge >= 0.3 is 121 Å². The van der Waals surface area contributed by atoms with Gasteiger partial charge in [0.2, 0.25) is 0 Å². The summed E-state index contributed by atoms with van der Waals surface area (Å²) in [4.78, 5) is 0. The zero-order valence-corrected chi connectivity index (χ0v) is 40.5.